The van der Waals surface area contributed by atoms with Gasteiger partial charge in [0.1, 0.15) is 5.82 Å². The van der Waals surface area contributed by atoms with Gasteiger partial charge in [0.15, 0.2) is 0 Å². The van der Waals surface area contributed by atoms with Crippen LogP contribution in [-0.2, 0) is 6.54 Å². The third-order valence-electron chi connectivity index (χ3n) is 2.96. The standard InChI is InChI=1S/C15H15ClFN3O2/c16-12-4-3-11(6-13(12)17)14(21)9-20-15(22)19-8-10-2-1-5-18-7-10/h1-7,14,21H,8-9H2,(H2,19,20,22). The van der Waals surface area contributed by atoms with Crippen LogP contribution in [0, 0.1) is 5.82 Å². The molecular formula is C15H15ClFN3O2. The SMILES string of the molecule is O=C(NCc1cccnc1)NCC(O)c1ccc(Cl)c(F)c1. The number of benzene rings is 1. The van der Waals surface area contributed by atoms with E-state index in [2.05, 4.69) is 15.6 Å². The van der Waals surface area contributed by atoms with Crippen LogP contribution in [-0.4, -0.2) is 22.7 Å². The normalized spacial score (nSPS) is 11.8. The number of aliphatic hydroxyl groups excluding tert-OH is 1. The Labute approximate surface area is 132 Å². The van der Waals surface area contributed by atoms with E-state index in [0.717, 1.165) is 11.6 Å². The molecule has 1 heterocycles. The molecule has 2 amide bonds. The first-order valence-electron chi connectivity index (χ1n) is 6.60. The fourth-order valence-corrected chi connectivity index (χ4v) is 1.89. The molecule has 1 aromatic carbocycles. The zero-order valence-corrected chi connectivity index (χ0v) is 12.3. The number of hydrogen-bond acceptors (Lipinski definition) is 3. The van der Waals surface area contributed by atoms with Crippen LogP contribution in [0.25, 0.3) is 0 Å². The van der Waals surface area contributed by atoms with Crippen LogP contribution in [0.4, 0.5) is 9.18 Å². The minimum absolute atomic E-state index is 0.0156. The number of hydrogen-bond donors (Lipinski definition) is 3. The topological polar surface area (TPSA) is 74.2 Å². The quantitative estimate of drug-likeness (QED) is 0.791. The van der Waals surface area contributed by atoms with E-state index in [1.807, 2.05) is 6.07 Å². The van der Waals surface area contributed by atoms with Crippen LogP contribution in [0.1, 0.15) is 17.2 Å². The number of carbonyl (C=O) groups excluding carboxylic acids is 1. The average molecular weight is 324 g/mol. The Morgan fingerprint density at radius 1 is 1.36 bits per heavy atom. The van der Waals surface area contributed by atoms with Gasteiger partial charge < -0.3 is 15.7 Å². The summed E-state index contributed by atoms with van der Waals surface area (Å²) in [5.74, 6) is -0.612. The molecule has 3 N–H and O–H groups in total. The van der Waals surface area contributed by atoms with Crippen LogP contribution >= 0.6 is 11.6 Å². The van der Waals surface area contributed by atoms with Crippen molar-refractivity contribution in [2.75, 3.05) is 6.54 Å². The zero-order valence-electron chi connectivity index (χ0n) is 11.6. The van der Waals surface area contributed by atoms with E-state index in [9.17, 15) is 14.3 Å². The summed E-state index contributed by atoms with van der Waals surface area (Å²) in [6.45, 7) is 0.283. The highest BCUT2D eigenvalue weighted by Crippen LogP contribution is 2.19. The van der Waals surface area contributed by atoms with E-state index in [4.69, 9.17) is 11.6 Å². The van der Waals surface area contributed by atoms with Gasteiger partial charge in [0, 0.05) is 25.5 Å². The van der Waals surface area contributed by atoms with Gasteiger partial charge in [-0.05, 0) is 29.3 Å². The molecule has 5 nitrogen and oxygen atoms in total. The number of aromatic nitrogens is 1. The lowest BCUT2D eigenvalue weighted by atomic mass is 10.1. The van der Waals surface area contributed by atoms with Gasteiger partial charge >= 0.3 is 6.03 Å². The van der Waals surface area contributed by atoms with Crippen LogP contribution in [0.2, 0.25) is 5.02 Å². The third-order valence-corrected chi connectivity index (χ3v) is 3.27. The summed E-state index contributed by atoms with van der Waals surface area (Å²) in [4.78, 5) is 15.6. The molecule has 0 fully saturated rings. The number of carbonyl (C=O) groups is 1. The highest BCUT2D eigenvalue weighted by atomic mass is 35.5. The molecule has 7 heteroatoms. The summed E-state index contributed by atoms with van der Waals surface area (Å²) in [5.41, 5.74) is 1.20. The van der Waals surface area contributed by atoms with Crippen LogP contribution in [0.15, 0.2) is 42.7 Å². The van der Waals surface area contributed by atoms with Crippen molar-refractivity contribution in [1.82, 2.24) is 15.6 Å². The van der Waals surface area contributed by atoms with Crippen molar-refractivity contribution in [3.63, 3.8) is 0 Å². The van der Waals surface area contributed by atoms with Crippen molar-refractivity contribution >= 4 is 17.6 Å². The van der Waals surface area contributed by atoms with E-state index in [0.29, 0.717) is 12.1 Å². The molecule has 116 valence electrons. The summed E-state index contributed by atoms with van der Waals surface area (Å²) in [7, 11) is 0. The molecule has 2 rings (SSSR count). The summed E-state index contributed by atoms with van der Waals surface area (Å²) in [6.07, 6.45) is 2.27. The van der Waals surface area contributed by atoms with Crippen molar-refractivity contribution < 1.29 is 14.3 Å². The molecule has 0 aliphatic heterocycles. The minimum atomic E-state index is -1.02. The summed E-state index contributed by atoms with van der Waals surface area (Å²) in [6, 6.07) is 7.18. The molecule has 0 bridgehead atoms. The molecular weight excluding hydrogens is 309 g/mol. The van der Waals surface area contributed by atoms with Crippen LogP contribution < -0.4 is 10.6 Å². The van der Waals surface area contributed by atoms with Gasteiger partial charge in [-0.1, -0.05) is 23.7 Å². The Kier molecular flexibility index (Phi) is 5.68. The van der Waals surface area contributed by atoms with Gasteiger partial charge in [0.05, 0.1) is 11.1 Å². The number of nitrogens with one attached hydrogen (secondary N) is 2. The lowest BCUT2D eigenvalue weighted by Crippen LogP contribution is -2.37. The molecule has 1 atom stereocenters. The first-order chi connectivity index (χ1) is 10.6. The Bertz CT molecular complexity index is 640. The van der Waals surface area contributed by atoms with Gasteiger partial charge in [0.25, 0.3) is 0 Å². The lowest BCUT2D eigenvalue weighted by Gasteiger charge is -2.13. The van der Waals surface area contributed by atoms with Crippen molar-refractivity contribution in [2.24, 2.45) is 0 Å². The first kappa shape index (κ1) is 16.2. The van der Waals surface area contributed by atoms with Crippen molar-refractivity contribution in [3.8, 4) is 0 Å². The fourth-order valence-electron chi connectivity index (χ4n) is 1.77. The predicted molar refractivity (Wildman–Crippen MR) is 80.8 cm³/mol. The summed E-state index contributed by atoms with van der Waals surface area (Å²) >= 11 is 5.57. The number of urea groups is 1. The highest BCUT2D eigenvalue weighted by molar-refractivity contribution is 6.30. The summed E-state index contributed by atoms with van der Waals surface area (Å²) < 4.78 is 13.3. The average Bonchev–Trinajstić information content (AvgIpc) is 2.54. The maximum Gasteiger partial charge on any atom is 0.315 e. The number of pyridine rings is 1. The Morgan fingerprint density at radius 2 is 2.18 bits per heavy atom. The third kappa shape index (κ3) is 4.68. The van der Waals surface area contributed by atoms with Gasteiger partial charge in [-0.15, -0.1) is 0 Å². The largest absolute Gasteiger partial charge is 0.387 e. The van der Waals surface area contributed by atoms with E-state index in [-0.39, 0.29) is 11.6 Å². The van der Waals surface area contributed by atoms with E-state index >= 15 is 0 Å². The Balaban J connectivity index is 1.79. The lowest BCUT2D eigenvalue weighted by molar-refractivity contribution is 0.172. The molecule has 0 aliphatic carbocycles. The number of amides is 2. The zero-order chi connectivity index (χ0) is 15.9. The van der Waals surface area contributed by atoms with Gasteiger partial charge in [-0.2, -0.15) is 0 Å². The fraction of sp³-hybridized carbons (Fsp3) is 0.200. The monoisotopic (exact) mass is 323 g/mol. The predicted octanol–water partition coefficient (Wildman–Crippen LogP) is 2.41. The molecule has 0 spiro atoms. The second-order valence-electron chi connectivity index (χ2n) is 4.61. The smallest absolute Gasteiger partial charge is 0.315 e. The number of nitrogens with zero attached hydrogens (tertiary/aromatic N) is 1. The highest BCUT2D eigenvalue weighted by Gasteiger charge is 2.11. The molecule has 0 radical (unpaired) electrons. The minimum Gasteiger partial charge on any atom is -0.387 e. The maximum atomic E-state index is 13.3. The van der Waals surface area contributed by atoms with E-state index < -0.39 is 18.0 Å². The van der Waals surface area contributed by atoms with Crippen LogP contribution in [0.5, 0.6) is 0 Å². The molecule has 1 aromatic heterocycles. The Morgan fingerprint density at radius 3 is 2.86 bits per heavy atom. The first-order valence-corrected chi connectivity index (χ1v) is 6.97. The van der Waals surface area contributed by atoms with Crippen molar-refractivity contribution in [3.05, 3.63) is 64.7 Å². The maximum absolute atomic E-state index is 13.3. The van der Waals surface area contributed by atoms with Gasteiger partial charge in [-0.25, -0.2) is 9.18 Å². The van der Waals surface area contributed by atoms with Gasteiger partial charge in [-0.3, -0.25) is 4.98 Å². The molecule has 1 unspecified atom stereocenters. The summed E-state index contributed by atoms with van der Waals surface area (Å²) in [5, 5.41) is 15.0. The Hall–Kier alpha value is -2.18. The van der Waals surface area contributed by atoms with E-state index in [1.165, 1.54) is 12.1 Å². The molecule has 0 saturated carbocycles. The van der Waals surface area contributed by atoms with Gasteiger partial charge in [0.2, 0.25) is 0 Å². The van der Waals surface area contributed by atoms with E-state index in [1.54, 1.807) is 18.5 Å². The van der Waals surface area contributed by atoms with Crippen LogP contribution in [0.3, 0.4) is 0 Å². The number of halogens is 2. The second-order valence-corrected chi connectivity index (χ2v) is 5.02. The number of aliphatic hydroxyl groups is 1. The second kappa shape index (κ2) is 7.72. The molecule has 0 aliphatic rings. The van der Waals surface area contributed by atoms with Crippen molar-refractivity contribution in [1.29, 1.82) is 0 Å². The number of rotatable bonds is 5. The molecule has 2 aromatic rings. The van der Waals surface area contributed by atoms with Crippen molar-refractivity contribution in [2.45, 2.75) is 12.6 Å². The molecule has 22 heavy (non-hydrogen) atoms. The molecule has 0 saturated heterocycles.